The number of H-pyrrole nitrogens is 1. The van der Waals surface area contributed by atoms with Crippen molar-refractivity contribution in [2.45, 2.75) is 17.7 Å². The number of fused-ring (bicyclic) bond motifs is 1. The number of amides is 1. The Bertz CT molecular complexity index is 1390. The Morgan fingerprint density at radius 2 is 2.15 bits per heavy atom. The largest absolute Gasteiger partial charge is 0.449 e. The Kier molecular flexibility index (Phi) is 6.05. The third-order valence-corrected chi connectivity index (χ3v) is 5.27. The van der Waals surface area contributed by atoms with E-state index in [1.54, 1.807) is 24.4 Å². The Hall–Kier alpha value is -3.87. The average Bonchev–Trinajstić information content (AvgIpc) is 3.35. The van der Waals surface area contributed by atoms with Crippen molar-refractivity contribution < 1.29 is 22.4 Å². The van der Waals surface area contributed by atoms with Crippen molar-refractivity contribution in [2.75, 3.05) is 11.1 Å². The van der Waals surface area contributed by atoms with Crippen LogP contribution in [0, 0.1) is 0 Å². The number of halogens is 3. The highest BCUT2D eigenvalue weighted by atomic mass is 32.2. The van der Waals surface area contributed by atoms with Crippen LogP contribution in [0.3, 0.4) is 0 Å². The summed E-state index contributed by atoms with van der Waals surface area (Å²) in [6.07, 6.45) is -1.33. The lowest BCUT2D eigenvalue weighted by Crippen LogP contribution is -2.25. The minimum Gasteiger partial charge on any atom is -0.387 e. The lowest BCUT2D eigenvalue weighted by molar-refractivity contribution is -0.144. The number of imidazole rings is 1. The molecule has 0 aliphatic heterocycles. The van der Waals surface area contributed by atoms with Gasteiger partial charge in [0.05, 0.1) is 16.6 Å². The number of hydrogen-bond acceptors (Lipinski definition) is 7. The maximum absolute atomic E-state index is 12.8. The molecule has 3 heterocycles. The number of aromatic nitrogens is 5. The van der Waals surface area contributed by atoms with Crippen LogP contribution in [0.25, 0.3) is 22.5 Å². The highest BCUT2D eigenvalue weighted by Gasteiger charge is 2.34. The van der Waals surface area contributed by atoms with Crippen LogP contribution in [0.1, 0.15) is 5.82 Å². The molecule has 0 aliphatic rings. The van der Waals surface area contributed by atoms with Crippen molar-refractivity contribution in [1.82, 2.24) is 24.7 Å². The van der Waals surface area contributed by atoms with Crippen molar-refractivity contribution in [3.05, 3.63) is 65.6 Å². The number of thioether (sulfide) groups is 1. The van der Waals surface area contributed by atoms with E-state index in [4.69, 9.17) is 4.42 Å². The zero-order valence-electron chi connectivity index (χ0n) is 16.7. The molecule has 0 spiro atoms. The topological polar surface area (TPSA) is 119 Å². The van der Waals surface area contributed by atoms with E-state index < -0.39 is 30.2 Å². The van der Waals surface area contributed by atoms with E-state index >= 15 is 0 Å². The van der Waals surface area contributed by atoms with Crippen molar-refractivity contribution in [3.8, 4) is 11.5 Å². The number of pyridine rings is 1. The summed E-state index contributed by atoms with van der Waals surface area (Å²) in [6, 6.07) is 7.39. The number of aromatic amines is 1. The smallest absolute Gasteiger partial charge is 0.387 e. The second-order valence-electron chi connectivity index (χ2n) is 6.65. The van der Waals surface area contributed by atoms with E-state index in [0.717, 1.165) is 4.68 Å². The predicted molar refractivity (Wildman–Crippen MR) is 115 cm³/mol. The van der Waals surface area contributed by atoms with Crippen LogP contribution >= 0.6 is 11.8 Å². The average molecular weight is 476 g/mol. The summed E-state index contributed by atoms with van der Waals surface area (Å²) in [5.74, 6) is -2.01. The first-order valence-electron chi connectivity index (χ1n) is 9.38. The fourth-order valence-corrected chi connectivity index (χ4v) is 3.60. The third-order valence-electron chi connectivity index (χ3n) is 4.27. The van der Waals surface area contributed by atoms with Gasteiger partial charge in [-0.3, -0.25) is 4.79 Å². The van der Waals surface area contributed by atoms with Gasteiger partial charge in [0, 0.05) is 17.6 Å². The van der Waals surface area contributed by atoms with Crippen LogP contribution < -0.4 is 11.1 Å². The van der Waals surface area contributed by atoms with Gasteiger partial charge in [-0.15, -0.1) is 23.4 Å². The number of benzene rings is 1. The number of nitrogens with one attached hydrogen (secondary N) is 2. The summed E-state index contributed by atoms with van der Waals surface area (Å²) in [7, 11) is 0. The predicted octanol–water partition coefficient (Wildman–Crippen LogP) is 3.71. The summed E-state index contributed by atoms with van der Waals surface area (Å²) in [4.78, 5) is 34.5. The number of hydrogen-bond donors (Lipinski definition) is 2. The van der Waals surface area contributed by atoms with Crippen molar-refractivity contribution in [3.63, 3.8) is 0 Å². The maximum Gasteiger partial charge on any atom is 0.449 e. The molecular weight excluding hydrogens is 461 g/mol. The molecule has 2 N–H and O–H groups in total. The molecule has 13 heteroatoms. The van der Waals surface area contributed by atoms with Crippen LogP contribution in [-0.2, 0) is 17.5 Å². The van der Waals surface area contributed by atoms with Gasteiger partial charge in [0.15, 0.2) is 0 Å². The van der Waals surface area contributed by atoms with E-state index in [0.29, 0.717) is 16.3 Å². The van der Waals surface area contributed by atoms with E-state index in [2.05, 4.69) is 31.9 Å². The molecule has 4 rings (SSSR count). The highest BCUT2D eigenvalue weighted by molar-refractivity contribution is 7.99. The fraction of sp³-hybridized carbons (Fsp3) is 0.150. The van der Waals surface area contributed by atoms with Gasteiger partial charge in [0.1, 0.15) is 11.6 Å². The Labute approximate surface area is 187 Å². The summed E-state index contributed by atoms with van der Waals surface area (Å²) in [5, 5.41) is 7.16. The first kappa shape index (κ1) is 22.3. The van der Waals surface area contributed by atoms with E-state index in [1.807, 2.05) is 0 Å². The molecule has 0 radical (unpaired) electrons. The van der Waals surface area contributed by atoms with Crippen LogP contribution in [0.2, 0.25) is 0 Å². The first-order valence-corrected chi connectivity index (χ1v) is 10.4. The van der Waals surface area contributed by atoms with Gasteiger partial charge in [0.25, 0.3) is 5.89 Å². The van der Waals surface area contributed by atoms with E-state index in [-0.39, 0.29) is 22.6 Å². The molecule has 0 aliphatic carbocycles. The number of anilines is 1. The van der Waals surface area contributed by atoms with Gasteiger partial charge < -0.3 is 14.7 Å². The highest BCUT2D eigenvalue weighted by Crippen LogP contribution is 2.29. The van der Waals surface area contributed by atoms with Gasteiger partial charge in [-0.2, -0.15) is 17.9 Å². The zero-order chi connectivity index (χ0) is 23.6. The van der Waals surface area contributed by atoms with E-state index in [9.17, 15) is 22.8 Å². The second kappa shape index (κ2) is 8.94. The quantitative estimate of drug-likeness (QED) is 0.308. The molecule has 3 aromatic heterocycles. The maximum atomic E-state index is 12.8. The number of nitrogens with zero attached hydrogens (tertiary/aromatic N) is 4. The summed E-state index contributed by atoms with van der Waals surface area (Å²) >= 11 is 1.38. The summed E-state index contributed by atoms with van der Waals surface area (Å²) in [6.45, 7) is 3.18. The number of alkyl halides is 3. The minimum atomic E-state index is -4.62. The van der Waals surface area contributed by atoms with Crippen LogP contribution in [0.4, 0.5) is 18.9 Å². The van der Waals surface area contributed by atoms with Gasteiger partial charge >= 0.3 is 11.9 Å². The summed E-state index contributed by atoms with van der Waals surface area (Å²) < 4.78 is 44.4. The number of carbonyl (C=O) groups excluding carboxylic acids is 1. The van der Waals surface area contributed by atoms with Crippen molar-refractivity contribution in [2.24, 2.45) is 0 Å². The number of rotatable bonds is 7. The molecule has 0 fully saturated rings. The molecule has 33 heavy (non-hydrogen) atoms. The normalized spacial score (nSPS) is 11.6. The van der Waals surface area contributed by atoms with Gasteiger partial charge in [0.2, 0.25) is 11.7 Å². The van der Waals surface area contributed by atoms with Gasteiger partial charge in [-0.1, -0.05) is 6.08 Å². The Morgan fingerprint density at radius 1 is 1.33 bits per heavy atom. The lowest BCUT2D eigenvalue weighted by atomic mass is 10.3. The SMILES string of the molecule is C=CCSc1ncccc1-c1nn(CC(=O)Nc2ccc3nc(C(F)(F)F)[nH]c3c2)c(=O)o1. The minimum absolute atomic E-state index is 0.00558. The monoisotopic (exact) mass is 476 g/mol. The molecular formula is C20H15F3N6O3S. The molecule has 0 atom stereocenters. The Balaban J connectivity index is 1.50. The van der Waals surface area contributed by atoms with Gasteiger partial charge in [-0.25, -0.2) is 14.8 Å². The molecule has 170 valence electrons. The van der Waals surface area contributed by atoms with Crippen LogP contribution in [-0.4, -0.2) is 36.4 Å². The van der Waals surface area contributed by atoms with Crippen molar-refractivity contribution >= 4 is 34.4 Å². The molecule has 9 nitrogen and oxygen atoms in total. The molecule has 0 saturated carbocycles. The lowest BCUT2D eigenvalue weighted by Gasteiger charge is -2.04. The van der Waals surface area contributed by atoms with Crippen molar-refractivity contribution in [1.29, 1.82) is 0 Å². The molecule has 1 aromatic carbocycles. The first-order chi connectivity index (χ1) is 15.7. The van der Waals surface area contributed by atoms with Gasteiger partial charge in [-0.05, 0) is 30.3 Å². The fourth-order valence-electron chi connectivity index (χ4n) is 2.88. The third kappa shape index (κ3) is 4.98. The molecule has 1 amide bonds. The second-order valence-corrected chi connectivity index (χ2v) is 7.66. The summed E-state index contributed by atoms with van der Waals surface area (Å²) in [5.41, 5.74) is 0.907. The zero-order valence-corrected chi connectivity index (χ0v) is 17.5. The molecule has 0 saturated heterocycles. The number of carbonyl (C=O) groups is 1. The van der Waals surface area contributed by atoms with Crippen LogP contribution in [0.15, 0.2) is 63.4 Å². The standard InChI is InChI=1S/C20H15F3N6O3S/c1-2-8-33-17-12(4-3-7-24-17)16-28-29(19(31)32-16)10-15(30)25-11-5-6-13-14(9-11)27-18(26-13)20(21,22)23/h2-7,9H,1,8,10H2,(H,25,30)(H,26,27). The molecule has 0 unspecified atom stereocenters. The van der Waals surface area contributed by atoms with Crippen LogP contribution in [0.5, 0.6) is 0 Å². The molecule has 0 bridgehead atoms. The molecule has 4 aromatic rings. The Morgan fingerprint density at radius 3 is 2.91 bits per heavy atom. The van der Waals surface area contributed by atoms with E-state index in [1.165, 1.54) is 30.0 Å².